The van der Waals surface area contributed by atoms with Crippen LogP contribution >= 0.6 is 0 Å². The van der Waals surface area contributed by atoms with E-state index in [1.165, 1.54) is 0 Å². The molecule has 1 saturated heterocycles. The lowest BCUT2D eigenvalue weighted by molar-refractivity contribution is -0.730. The molecular formula is C38H62N7O6Si3+. The molecule has 1 aliphatic rings. The molecule has 0 spiro atoms. The zero-order chi connectivity index (χ0) is 39.1. The molecule has 0 saturated carbocycles. The number of hydroxylamine groups is 2. The predicted molar refractivity (Wildman–Crippen MR) is 224 cm³/mol. The number of para-hydroxylation sites is 3. The highest BCUT2D eigenvalue weighted by molar-refractivity contribution is 6.87. The van der Waals surface area contributed by atoms with E-state index in [4.69, 9.17) is 18.0 Å². The van der Waals surface area contributed by atoms with Gasteiger partial charge in [-0.25, -0.2) is 25.0 Å². The third-order valence-corrected chi connectivity index (χ3v) is 20.6. The van der Waals surface area contributed by atoms with Crippen molar-refractivity contribution >= 4 is 54.3 Å². The van der Waals surface area contributed by atoms with Crippen LogP contribution < -0.4 is 27.1 Å². The maximum absolute atomic E-state index is 13.7. The summed E-state index contributed by atoms with van der Waals surface area (Å²) < 4.78 is 14.1. The molecule has 4 amide bonds. The molecule has 3 aromatic carbocycles. The van der Waals surface area contributed by atoms with E-state index in [1.807, 2.05) is 103 Å². The molecule has 1 aliphatic heterocycles. The molecular weight excluding hydrogens is 735 g/mol. The van der Waals surface area contributed by atoms with E-state index in [0.717, 1.165) is 42.0 Å². The molecule has 0 aliphatic carbocycles. The second-order valence-corrected chi connectivity index (χ2v) is 27.9. The number of anilines is 3. The predicted octanol–water partition coefficient (Wildman–Crippen LogP) is 7.92. The molecule has 3 aromatic rings. The summed E-state index contributed by atoms with van der Waals surface area (Å²) >= 11 is 0. The molecule has 4 rings (SSSR count). The fourth-order valence-corrected chi connectivity index (χ4v) is 20.7. The van der Waals surface area contributed by atoms with E-state index in [0.29, 0.717) is 39.3 Å². The summed E-state index contributed by atoms with van der Waals surface area (Å²) in [5.41, 5.74) is 11.3. The lowest BCUT2D eigenvalue weighted by atomic mass is 10.3. The average Bonchev–Trinajstić information content (AvgIpc) is 3.83. The largest absolute Gasteiger partial charge is 0.437 e. The minimum atomic E-state index is -2.49. The number of urea groups is 2. The van der Waals surface area contributed by atoms with Crippen molar-refractivity contribution in [2.24, 2.45) is 0 Å². The summed E-state index contributed by atoms with van der Waals surface area (Å²) in [5.74, 6) is 0. The molecule has 54 heavy (non-hydrogen) atoms. The highest BCUT2D eigenvalue weighted by Gasteiger charge is 2.61. The van der Waals surface area contributed by atoms with Crippen molar-refractivity contribution in [2.75, 3.05) is 55.4 Å². The highest BCUT2D eigenvalue weighted by Crippen LogP contribution is 2.33. The Bertz CT molecular complexity index is 1580. The molecule has 0 aromatic heterocycles. The topological polar surface area (TPSA) is 134 Å². The Morgan fingerprint density at radius 3 is 1.85 bits per heavy atom. The molecule has 13 nitrogen and oxygen atoms in total. The summed E-state index contributed by atoms with van der Waals surface area (Å²) in [7, 11) is -6.78. The van der Waals surface area contributed by atoms with Crippen molar-refractivity contribution in [3.8, 4) is 0 Å². The fraction of sp³-hybridized carbons (Fsp3) is 0.474. The van der Waals surface area contributed by atoms with Crippen LogP contribution in [-0.4, -0.2) is 92.1 Å². The van der Waals surface area contributed by atoms with Crippen LogP contribution in [0.5, 0.6) is 0 Å². The van der Waals surface area contributed by atoms with Crippen LogP contribution in [-0.2, 0) is 18.0 Å². The monoisotopic (exact) mass is 796 g/mol. The van der Waals surface area contributed by atoms with Crippen molar-refractivity contribution < 1.29 is 32.1 Å². The second-order valence-electron chi connectivity index (χ2n) is 15.4. The Labute approximate surface area is 325 Å². The molecule has 2 unspecified atom stereocenters. The summed E-state index contributed by atoms with van der Waals surface area (Å²) in [4.78, 5) is 39.6. The van der Waals surface area contributed by atoms with Crippen LogP contribution in [0.25, 0.3) is 0 Å². The molecule has 296 valence electrons. The summed E-state index contributed by atoms with van der Waals surface area (Å²) in [6, 6.07) is 30.3. The van der Waals surface area contributed by atoms with Gasteiger partial charge in [-0.3, -0.25) is 5.32 Å². The van der Waals surface area contributed by atoms with Crippen LogP contribution in [0.15, 0.2) is 91.0 Å². The van der Waals surface area contributed by atoms with Gasteiger partial charge in [-0.2, -0.15) is 4.94 Å². The van der Waals surface area contributed by atoms with Gasteiger partial charge in [0.2, 0.25) is 6.17 Å². The zero-order valence-electron chi connectivity index (χ0n) is 33.2. The number of nitrogens with zero attached hydrogens (tertiary/aromatic N) is 2. The van der Waals surface area contributed by atoms with Gasteiger partial charge >= 0.3 is 20.6 Å². The van der Waals surface area contributed by atoms with Crippen LogP contribution in [0.3, 0.4) is 0 Å². The molecule has 0 radical (unpaired) electrons. The maximum Gasteiger partial charge on any atom is 0.422 e. The van der Waals surface area contributed by atoms with Crippen molar-refractivity contribution in [3.05, 3.63) is 91.0 Å². The third kappa shape index (κ3) is 14.7. The number of amides is 4. The van der Waals surface area contributed by atoms with Gasteiger partial charge in [0.05, 0.1) is 18.8 Å². The van der Waals surface area contributed by atoms with E-state index >= 15 is 0 Å². The Morgan fingerprint density at radius 1 is 0.741 bits per heavy atom. The fourth-order valence-electron chi connectivity index (χ4n) is 6.72. The molecule has 5 N–H and O–H groups in total. The number of carbonyl (C=O) groups excluding carboxylic acids is 2. The van der Waals surface area contributed by atoms with E-state index in [9.17, 15) is 9.59 Å². The molecule has 1 heterocycles. The van der Waals surface area contributed by atoms with Gasteiger partial charge in [0.1, 0.15) is 0 Å². The zero-order valence-corrected chi connectivity index (χ0v) is 36.2. The summed E-state index contributed by atoms with van der Waals surface area (Å²) in [5, 5.41) is 6.12. The number of quaternary nitrogens is 1. The number of nitrogens with one attached hydrogen (secondary N) is 5. The van der Waals surface area contributed by atoms with Crippen LogP contribution in [0.4, 0.5) is 26.7 Å². The van der Waals surface area contributed by atoms with Gasteiger partial charge in [-0.05, 0) is 108 Å². The number of hydrogen-bond donors (Lipinski definition) is 5. The van der Waals surface area contributed by atoms with Crippen molar-refractivity contribution in [2.45, 2.75) is 77.3 Å². The smallest absolute Gasteiger partial charge is 0.422 e. The van der Waals surface area contributed by atoms with Gasteiger partial charge < -0.3 is 23.3 Å². The van der Waals surface area contributed by atoms with Gasteiger partial charge in [-0.15, -0.1) is 5.48 Å². The van der Waals surface area contributed by atoms with E-state index in [-0.39, 0.29) is 22.7 Å². The van der Waals surface area contributed by atoms with E-state index in [2.05, 4.69) is 66.4 Å². The molecule has 0 bridgehead atoms. The molecule has 1 fully saturated rings. The van der Waals surface area contributed by atoms with Crippen molar-refractivity contribution in [1.29, 1.82) is 0 Å². The van der Waals surface area contributed by atoms with Crippen molar-refractivity contribution in [3.63, 3.8) is 0 Å². The Kier molecular flexibility index (Phi) is 16.4. The maximum atomic E-state index is 13.7. The lowest BCUT2D eigenvalue weighted by Crippen LogP contribution is -2.52. The number of benzene rings is 3. The van der Waals surface area contributed by atoms with Gasteiger partial charge in [0.25, 0.3) is 0 Å². The first-order valence-electron chi connectivity index (χ1n) is 19.0. The average molecular weight is 797 g/mol. The SMILES string of the molecule is CCONCCN(CCC[Si](C)(C)O[Si](C)(C)O[Si](C)(C)CCC[N+]1(C(=O)Nc2ccccc2)CC1NONc1ccccc1)C(=O)Nc1ccccc1. The summed E-state index contributed by atoms with van der Waals surface area (Å²) in [6.07, 6.45) is 1.47. The van der Waals surface area contributed by atoms with Crippen LogP contribution in [0, 0.1) is 0 Å². The minimum Gasteiger partial charge on any atom is -0.437 e. The third-order valence-electron chi connectivity index (χ3n) is 9.16. The highest BCUT2D eigenvalue weighted by atomic mass is 28.5. The number of hydrogen-bond acceptors (Lipinski definition) is 9. The number of rotatable bonds is 23. The first kappa shape index (κ1) is 43.3. The van der Waals surface area contributed by atoms with Crippen LogP contribution in [0.2, 0.25) is 51.4 Å². The van der Waals surface area contributed by atoms with Gasteiger partial charge in [0, 0.05) is 31.0 Å². The Hall–Kier alpha value is -3.43. The van der Waals surface area contributed by atoms with Gasteiger partial charge in [-0.1, -0.05) is 54.6 Å². The van der Waals surface area contributed by atoms with Crippen LogP contribution in [0.1, 0.15) is 19.8 Å². The van der Waals surface area contributed by atoms with Gasteiger partial charge in [0.15, 0.2) is 23.2 Å². The first-order chi connectivity index (χ1) is 25.7. The number of carbonyl (C=O) groups is 2. The quantitative estimate of drug-likeness (QED) is 0.0213. The normalized spacial score (nSPS) is 17.1. The standard InChI is InChI=1S/C38H61N7O6Si3/c1-8-48-39-26-28-44(37(46)40-33-20-12-9-13-21-33)27-18-30-52(2,3)50-54(6,7)51-53(4,5)31-19-29-45(38(47)41-34-22-14-10-15-23-34)32-36(45)43-49-42-35-24-16-11-17-25-35/h9-17,20-25,36,39,42-43H,8,18-19,26-32H2,1-7H3,(H-,40,41,46,47)/p+1. The van der Waals surface area contributed by atoms with E-state index < -0.39 is 25.2 Å². The Balaban J connectivity index is 1.27. The lowest BCUT2D eigenvalue weighted by Gasteiger charge is -2.39. The second kappa shape index (κ2) is 20.5. The van der Waals surface area contributed by atoms with Crippen molar-refractivity contribution in [1.82, 2.24) is 15.9 Å². The molecule has 2 atom stereocenters. The minimum absolute atomic E-state index is 0.0603. The first-order valence-corrected chi connectivity index (χ1v) is 28.1. The van der Waals surface area contributed by atoms with E-state index in [1.54, 1.807) is 0 Å². The summed E-state index contributed by atoms with van der Waals surface area (Å²) in [6.45, 7) is 18.7. The molecule has 16 heteroatoms. The Morgan fingerprint density at radius 2 is 1.28 bits per heavy atom.